The fourth-order valence-electron chi connectivity index (χ4n) is 2.13. The number of aliphatic hydroxyl groups is 1. The minimum Gasteiger partial charge on any atom is -0.491 e. The highest BCUT2D eigenvalue weighted by atomic mass is 16.5. The predicted octanol–water partition coefficient (Wildman–Crippen LogP) is 2.97. The van der Waals surface area contributed by atoms with Crippen molar-refractivity contribution in [3.63, 3.8) is 0 Å². The molecule has 0 aliphatic heterocycles. The van der Waals surface area contributed by atoms with E-state index in [-0.39, 0.29) is 12.2 Å². The normalized spacial score (nSPS) is 14.4. The van der Waals surface area contributed by atoms with Crippen LogP contribution in [0.2, 0.25) is 0 Å². The first-order valence-corrected chi connectivity index (χ1v) is 7.11. The fourth-order valence-corrected chi connectivity index (χ4v) is 2.13. The summed E-state index contributed by atoms with van der Waals surface area (Å²) in [4.78, 5) is 0. The van der Waals surface area contributed by atoms with Crippen molar-refractivity contribution in [3.05, 3.63) is 29.8 Å². The molecule has 0 spiro atoms. The van der Waals surface area contributed by atoms with Gasteiger partial charge in [0.2, 0.25) is 0 Å². The van der Waals surface area contributed by atoms with Gasteiger partial charge in [-0.15, -0.1) is 0 Å². The van der Waals surface area contributed by atoms with Crippen LogP contribution in [0.5, 0.6) is 5.75 Å². The molecule has 0 aliphatic carbocycles. The fraction of sp³-hybridized carbons (Fsp3) is 0.625. The maximum absolute atomic E-state index is 9.32. The van der Waals surface area contributed by atoms with Gasteiger partial charge in [0.1, 0.15) is 5.75 Å². The molecule has 2 atom stereocenters. The predicted molar refractivity (Wildman–Crippen MR) is 79.4 cm³/mol. The second-order valence-corrected chi connectivity index (χ2v) is 5.63. The zero-order valence-electron chi connectivity index (χ0n) is 12.5. The van der Waals surface area contributed by atoms with Crippen LogP contribution in [-0.2, 0) is 6.54 Å². The van der Waals surface area contributed by atoms with Crippen LogP contribution in [0.1, 0.15) is 39.7 Å². The molecule has 0 saturated heterocycles. The van der Waals surface area contributed by atoms with E-state index in [9.17, 15) is 5.11 Å². The summed E-state index contributed by atoms with van der Waals surface area (Å²) in [5.41, 5.74) is 1.22. The Morgan fingerprint density at radius 2 is 1.95 bits per heavy atom. The summed E-state index contributed by atoms with van der Waals surface area (Å²) in [6.45, 7) is 9.80. The summed E-state index contributed by atoms with van der Waals surface area (Å²) in [5, 5.41) is 12.7. The first-order valence-electron chi connectivity index (χ1n) is 7.11. The molecule has 0 bridgehead atoms. The smallest absolute Gasteiger partial charge is 0.120 e. The zero-order chi connectivity index (χ0) is 14.3. The lowest BCUT2D eigenvalue weighted by Gasteiger charge is -2.15. The standard InChI is InChI=1S/C16H27NO2/c1-12(2)19-16-7-5-6-15(9-16)11-17-10-13(3)8-14(4)18/h5-7,9,12-14,17-18H,8,10-11H2,1-4H3. The van der Waals surface area contributed by atoms with Gasteiger partial charge in [0, 0.05) is 6.54 Å². The number of aliphatic hydroxyl groups excluding tert-OH is 1. The van der Waals surface area contributed by atoms with E-state index in [1.54, 1.807) is 0 Å². The summed E-state index contributed by atoms with van der Waals surface area (Å²) in [5.74, 6) is 1.40. The largest absolute Gasteiger partial charge is 0.491 e. The van der Waals surface area contributed by atoms with Gasteiger partial charge in [0.25, 0.3) is 0 Å². The zero-order valence-corrected chi connectivity index (χ0v) is 12.5. The molecule has 0 radical (unpaired) electrons. The minimum absolute atomic E-state index is 0.203. The van der Waals surface area contributed by atoms with E-state index < -0.39 is 0 Å². The van der Waals surface area contributed by atoms with Gasteiger partial charge in [-0.05, 0) is 57.4 Å². The number of benzene rings is 1. The van der Waals surface area contributed by atoms with Crippen molar-refractivity contribution in [3.8, 4) is 5.75 Å². The average Bonchev–Trinajstić information content (AvgIpc) is 2.27. The molecular formula is C16H27NO2. The Balaban J connectivity index is 2.36. The molecule has 0 fully saturated rings. The third kappa shape index (κ3) is 7.19. The number of ether oxygens (including phenoxy) is 1. The lowest BCUT2D eigenvalue weighted by atomic mass is 10.0. The van der Waals surface area contributed by atoms with Crippen molar-refractivity contribution < 1.29 is 9.84 Å². The number of hydrogen-bond acceptors (Lipinski definition) is 3. The Labute approximate surface area is 117 Å². The minimum atomic E-state index is -0.223. The molecule has 1 aromatic rings. The van der Waals surface area contributed by atoms with E-state index in [4.69, 9.17) is 4.74 Å². The third-order valence-electron chi connectivity index (χ3n) is 2.84. The molecule has 0 aliphatic rings. The topological polar surface area (TPSA) is 41.5 Å². The molecule has 19 heavy (non-hydrogen) atoms. The molecule has 3 heteroatoms. The van der Waals surface area contributed by atoms with Crippen LogP contribution in [0.25, 0.3) is 0 Å². The van der Waals surface area contributed by atoms with Crippen molar-refractivity contribution in [1.29, 1.82) is 0 Å². The second-order valence-electron chi connectivity index (χ2n) is 5.63. The Morgan fingerprint density at radius 1 is 1.21 bits per heavy atom. The van der Waals surface area contributed by atoms with Gasteiger partial charge < -0.3 is 15.2 Å². The van der Waals surface area contributed by atoms with Gasteiger partial charge in [-0.25, -0.2) is 0 Å². The van der Waals surface area contributed by atoms with Crippen molar-refractivity contribution in [1.82, 2.24) is 5.32 Å². The Kier molecular flexibility index (Phi) is 6.89. The van der Waals surface area contributed by atoms with Crippen LogP contribution >= 0.6 is 0 Å². The molecular weight excluding hydrogens is 238 g/mol. The van der Waals surface area contributed by atoms with Crippen LogP contribution in [0.4, 0.5) is 0 Å². The van der Waals surface area contributed by atoms with E-state index in [1.165, 1.54) is 5.56 Å². The third-order valence-corrected chi connectivity index (χ3v) is 2.84. The summed E-state index contributed by atoms with van der Waals surface area (Å²) in [7, 11) is 0. The molecule has 0 amide bonds. The van der Waals surface area contributed by atoms with Crippen molar-refractivity contribution >= 4 is 0 Å². The van der Waals surface area contributed by atoms with E-state index >= 15 is 0 Å². The summed E-state index contributed by atoms with van der Waals surface area (Å²) < 4.78 is 5.67. The van der Waals surface area contributed by atoms with Gasteiger partial charge >= 0.3 is 0 Å². The Morgan fingerprint density at radius 3 is 2.58 bits per heavy atom. The van der Waals surface area contributed by atoms with Crippen LogP contribution in [0.15, 0.2) is 24.3 Å². The van der Waals surface area contributed by atoms with Gasteiger partial charge in [-0.3, -0.25) is 0 Å². The maximum Gasteiger partial charge on any atom is 0.120 e. The second kappa shape index (κ2) is 8.18. The monoisotopic (exact) mass is 265 g/mol. The average molecular weight is 265 g/mol. The van der Waals surface area contributed by atoms with Crippen molar-refractivity contribution in [2.45, 2.75) is 52.9 Å². The van der Waals surface area contributed by atoms with Gasteiger partial charge in [-0.1, -0.05) is 19.1 Å². The van der Waals surface area contributed by atoms with Crippen LogP contribution in [-0.4, -0.2) is 23.9 Å². The van der Waals surface area contributed by atoms with E-state index in [0.717, 1.165) is 25.3 Å². The molecule has 0 heterocycles. The summed E-state index contributed by atoms with van der Waals surface area (Å²) in [6, 6.07) is 8.18. The Bertz CT molecular complexity index is 364. The highest BCUT2D eigenvalue weighted by Crippen LogP contribution is 2.15. The molecule has 2 unspecified atom stereocenters. The van der Waals surface area contributed by atoms with Gasteiger partial charge in [0.15, 0.2) is 0 Å². The highest BCUT2D eigenvalue weighted by Gasteiger charge is 2.06. The summed E-state index contributed by atoms with van der Waals surface area (Å²) >= 11 is 0. The molecule has 108 valence electrons. The van der Waals surface area contributed by atoms with Crippen molar-refractivity contribution in [2.24, 2.45) is 5.92 Å². The maximum atomic E-state index is 9.32. The van der Waals surface area contributed by atoms with Crippen LogP contribution in [0.3, 0.4) is 0 Å². The first kappa shape index (κ1) is 16.0. The van der Waals surface area contributed by atoms with Gasteiger partial charge in [-0.2, -0.15) is 0 Å². The molecule has 1 aromatic carbocycles. The first-order chi connectivity index (χ1) is 8.97. The lowest BCUT2D eigenvalue weighted by molar-refractivity contribution is 0.163. The molecule has 0 saturated carbocycles. The Hall–Kier alpha value is -1.06. The molecule has 3 nitrogen and oxygen atoms in total. The molecule has 1 rings (SSSR count). The number of rotatable bonds is 8. The van der Waals surface area contributed by atoms with Crippen molar-refractivity contribution in [2.75, 3.05) is 6.54 Å². The number of nitrogens with one attached hydrogen (secondary N) is 1. The molecule has 0 aromatic heterocycles. The SMILES string of the molecule is CC(O)CC(C)CNCc1cccc(OC(C)C)c1. The quantitative estimate of drug-likeness (QED) is 0.759. The van der Waals surface area contributed by atoms with Crippen LogP contribution in [0, 0.1) is 5.92 Å². The van der Waals surface area contributed by atoms with Crippen LogP contribution < -0.4 is 10.1 Å². The lowest BCUT2D eigenvalue weighted by Crippen LogP contribution is -2.23. The highest BCUT2D eigenvalue weighted by molar-refractivity contribution is 5.28. The van der Waals surface area contributed by atoms with E-state index in [0.29, 0.717) is 5.92 Å². The molecule has 2 N–H and O–H groups in total. The summed E-state index contributed by atoms with van der Waals surface area (Å²) in [6.07, 6.45) is 0.817. The van der Waals surface area contributed by atoms with Gasteiger partial charge in [0.05, 0.1) is 12.2 Å². The number of hydrogen-bond donors (Lipinski definition) is 2. The van der Waals surface area contributed by atoms with E-state index in [2.05, 4.69) is 24.4 Å². The van der Waals surface area contributed by atoms with E-state index in [1.807, 2.05) is 32.9 Å².